The molecule has 0 N–H and O–H groups in total. The molecule has 0 aliphatic carbocycles. The fourth-order valence-corrected chi connectivity index (χ4v) is 0.664. The predicted molar refractivity (Wildman–Crippen MR) is 32.3 cm³/mol. The fraction of sp³-hybridized carbons (Fsp3) is 0. The molecule has 9 heavy (non-hydrogen) atoms. The molecule has 1 aromatic heterocycles. The highest BCUT2D eigenvalue weighted by atomic mass is 79.9. The van der Waals surface area contributed by atoms with Crippen molar-refractivity contribution >= 4 is 15.9 Å². The van der Waals surface area contributed by atoms with E-state index in [-0.39, 0.29) is 0 Å². The quantitative estimate of drug-likeness (QED) is 0.485. The highest BCUT2D eigenvalue weighted by molar-refractivity contribution is 9.10. The van der Waals surface area contributed by atoms with Gasteiger partial charge in [0.05, 0.1) is 10.1 Å². The summed E-state index contributed by atoms with van der Waals surface area (Å²) in [6, 6.07) is 1.49. The molecule has 0 aromatic carbocycles. The van der Waals surface area contributed by atoms with Crippen molar-refractivity contribution in [3.63, 3.8) is 0 Å². The Morgan fingerprint density at radius 1 is 1.89 bits per heavy atom. The van der Waals surface area contributed by atoms with E-state index >= 15 is 0 Å². The molecular weight excluding hydrogens is 190 g/mol. The summed E-state index contributed by atoms with van der Waals surface area (Å²) in [6.07, 6.45) is 1.25. The third-order valence-electron chi connectivity index (χ3n) is 0.711. The van der Waals surface area contributed by atoms with Gasteiger partial charge in [-0.25, -0.2) is 0 Å². The molecule has 1 aromatic rings. The summed E-state index contributed by atoms with van der Waals surface area (Å²) in [4.78, 5) is 10.5. The smallest absolute Gasteiger partial charge is 0.245 e. The van der Waals surface area contributed by atoms with E-state index in [1.54, 1.807) is 0 Å². The van der Waals surface area contributed by atoms with Crippen LogP contribution in [0, 0.1) is 10.1 Å². The summed E-state index contributed by atoms with van der Waals surface area (Å²) in [6.45, 7) is 0. The van der Waals surface area contributed by atoms with Gasteiger partial charge < -0.3 is 10.1 Å². The van der Waals surface area contributed by atoms with Gasteiger partial charge in [-0.3, -0.25) is 0 Å². The van der Waals surface area contributed by atoms with Gasteiger partial charge in [-0.2, -0.15) is 0 Å². The van der Waals surface area contributed by atoms with Gasteiger partial charge in [0.1, 0.15) is 6.20 Å². The molecule has 0 spiro atoms. The van der Waals surface area contributed by atoms with E-state index in [1.165, 1.54) is 12.3 Å². The van der Waals surface area contributed by atoms with Crippen LogP contribution in [0.4, 0.5) is 0 Å². The Morgan fingerprint density at radius 2 is 2.56 bits per heavy atom. The summed E-state index contributed by atoms with van der Waals surface area (Å²) < 4.78 is 0.458. The lowest BCUT2D eigenvalue weighted by Gasteiger charge is -1.85. The molecule has 0 amide bonds. The summed E-state index contributed by atoms with van der Waals surface area (Å²) in [5.74, 6) is 0. The Labute approximate surface area is 58.5 Å². The van der Waals surface area contributed by atoms with Gasteiger partial charge >= 0.3 is 0 Å². The maximum absolute atomic E-state index is 9.90. The molecule has 0 saturated heterocycles. The lowest BCUT2D eigenvalue weighted by atomic mass is 10.8. The van der Waals surface area contributed by atoms with Crippen LogP contribution < -0.4 is 0 Å². The Bertz CT molecular complexity index is 233. The minimum absolute atomic E-state index is 0.458. The monoisotopic (exact) mass is 191 g/mol. The second kappa shape index (κ2) is 2.14. The summed E-state index contributed by atoms with van der Waals surface area (Å²) >= 11 is 2.96. The van der Waals surface area contributed by atoms with Gasteiger partial charge in [0.2, 0.25) is 4.60 Å². The first-order valence-corrected chi connectivity index (χ1v) is 2.85. The van der Waals surface area contributed by atoms with Gasteiger partial charge in [0.15, 0.2) is 0 Å². The average Bonchev–Trinajstić information content (AvgIpc) is 2.14. The average molecular weight is 192 g/mol. The molecule has 0 aliphatic heterocycles. The van der Waals surface area contributed by atoms with Crippen LogP contribution in [0.2, 0.25) is 0 Å². The van der Waals surface area contributed by atoms with Crippen LogP contribution in [-0.2, 0) is 0 Å². The van der Waals surface area contributed by atoms with Crippen molar-refractivity contribution in [2.45, 2.75) is 0 Å². The number of hydrogen-bond donors (Lipinski definition) is 0. The third-order valence-corrected chi connectivity index (χ3v) is 1.13. The second-order valence-electron chi connectivity index (χ2n) is 1.30. The highest BCUT2D eigenvalue weighted by Gasteiger charge is 2.03. The van der Waals surface area contributed by atoms with E-state index < -0.39 is 5.03 Å². The van der Waals surface area contributed by atoms with E-state index in [0.717, 1.165) is 0 Å². The maximum Gasteiger partial charge on any atom is 0.245 e. The molecular formula is C3H2BrN3O2. The molecule has 6 heteroatoms. The van der Waals surface area contributed by atoms with E-state index in [1.807, 2.05) is 0 Å². The van der Waals surface area contributed by atoms with E-state index in [9.17, 15) is 10.1 Å². The summed E-state index contributed by atoms with van der Waals surface area (Å²) in [5.41, 5.74) is 0. The Hall–Kier alpha value is -0.910. The van der Waals surface area contributed by atoms with Gasteiger partial charge in [0.25, 0.3) is 0 Å². The van der Waals surface area contributed by atoms with Crippen LogP contribution in [0.5, 0.6) is 0 Å². The minimum Gasteiger partial charge on any atom is -0.339 e. The second-order valence-corrected chi connectivity index (χ2v) is 2.11. The van der Waals surface area contributed by atoms with E-state index in [4.69, 9.17) is 0 Å². The SMILES string of the molecule is O=[N+]([O-])n1ccc(Br)n1. The molecule has 0 saturated carbocycles. The van der Waals surface area contributed by atoms with Crippen molar-refractivity contribution in [3.05, 3.63) is 27.0 Å². The number of aromatic nitrogens is 2. The summed E-state index contributed by atoms with van der Waals surface area (Å²) in [7, 11) is 0. The maximum atomic E-state index is 9.90. The Morgan fingerprint density at radius 3 is 2.78 bits per heavy atom. The van der Waals surface area contributed by atoms with Gasteiger partial charge in [-0.15, -0.1) is 0 Å². The zero-order valence-corrected chi connectivity index (χ0v) is 5.78. The molecule has 0 unspecified atom stereocenters. The standard InChI is InChI=1S/C3H2BrN3O2/c4-3-1-2-6(5-3)7(8)9/h1-2H. The number of rotatable bonds is 1. The Balaban J connectivity index is 2.98. The summed E-state index contributed by atoms with van der Waals surface area (Å²) in [5, 5.41) is 12.7. The van der Waals surface area contributed by atoms with Crippen LogP contribution in [-0.4, -0.2) is 14.9 Å². The van der Waals surface area contributed by atoms with Crippen LogP contribution in [0.3, 0.4) is 0 Å². The first-order valence-electron chi connectivity index (χ1n) is 2.06. The molecule has 1 heterocycles. The molecule has 1 rings (SSSR count). The number of halogens is 1. The van der Waals surface area contributed by atoms with Gasteiger partial charge in [-0.1, -0.05) is 0 Å². The fourth-order valence-electron chi connectivity index (χ4n) is 0.384. The first kappa shape index (κ1) is 6.21. The zero-order chi connectivity index (χ0) is 6.85. The molecule has 5 nitrogen and oxygen atoms in total. The van der Waals surface area contributed by atoms with Crippen molar-refractivity contribution in [2.24, 2.45) is 0 Å². The number of nitrogens with zero attached hydrogens (tertiary/aromatic N) is 3. The third kappa shape index (κ3) is 1.26. The van der Waals surface area contributed by atoms with E-state index in [0.29, 0.717) is 9.39 Å². The van der Waals surface area contributed by atoms with Crippen LogP contribution in [0.1, 0.15) is 0 Å². The minimum atomic E-state index is -0.620. The largest absolute Gasteiger partial charge is 0.339 e. The van der Waals surface area contributed by atoms with Crippen LogP contribution in [0.25, 0.3) is 0 Å². The van der Waals surface area contributed by atoms with Crippen LogP contribution in [0.15, 0.2) is 16.9 Å². The molecule has 0 radical (unpaired) electrons. The van der Waals surface area contributed by atoms with Crippen molar-refractivity contribution in [1.29, 1.82) is 0 Å². The molecule has 48 valence electrons. The van der Waals surface area contributed by atoms with Gasteiger partial charge in [-0.05, 0) is 0 Å². The highest BCUT2D eigenvalue weighted by Crippen LogP contribution is 2.02. The topological polar surface area (TPSA) is 61.0 Å². The zero-order valence-electron chi connectivity index (χ0n) is 4.19. The van der Waals surface area contributed by atoms with E-state index in [2.05, 4.69) is 21.0 Å². The normalized spacial score (nSPS) is 9.44. The molecule has 0 fully saturated rings. The number of hydrogen-bond acceptors (Lipinski definition) is 3. The van der Waals surface area contributed by atoms with Gasteiger partial charge in [0, 0.05) is 26.8 Å². The molecule has 0 bridgehead atoms. The lowest BCUT2D eigenvalue weighted by Crippen LogP contribution is -2.08. The van der Waals surface area contributed by atoms with Crippen molar-refractivity contribution in [3.8, 4) is 0 Å². The number of nitro groups is 1. The van der Waals surface area contributed by atoms with Crippen molar-refractivity contribution in [1.82, 2.24) is 9.89 Å². The molecule has 0 aliphatic rings. The lowest BCUT2D eigenvalue weighted by molar-refractivity contribution is -0.552. The van der Waals surface area contributed by atoms with Crippen LogP contribution >= 0.6 is 15.9 Å². The predicted octanol–water partition coefficient (Wildman–Crippen LogP) is 0.685. The Kier molecular flexibility index (Phi) is 1.48. The van der Waals surface area contributed by atoms with Crippen molar-refractivity contribution in [2.75, 3.05) is 0 Å². The molecule has 0 atom stereocenters. The van der Waals surface area contributed by atoms with Crippen molar-refractivity contribution < 1.29 is 5.03 Å². The first-order chi connectivity index (χ1) is 4.20.